The first-order valence-electron chi connectivity index (χ1n) is 11.2. The minimum absolute atomic E-state index is 0.0296. The number of hydrogen-bond acceptors (Lipinski definition) is 7. The van der Waals surface area contributed by atoms with E-state index < -0.39 is 0 Å². The van der Waals surface area contributed by atoms with Gasteiger partial charge in [0.25, 0.3) is 5.56 Å². The van der Waals surface area contributed by atoms with Crippen LogP contribution in [0.3, 0.4) is 0 Å². The second-order valence-electron chi connectivity index (χ2n) is 8.48. The number of carbonyl (C=O) groups is 1. The maximum atomic E-state index is 12.9. The number of rotatable bonds is 5. The maximum Gasteiger partial charge on any atom is 0.278 e. The lowest BCUT2D eigenvalue weighted by molar-refractivity contribution is -0.125. The molecule has 0 spiro atoms. The number of anilines is 1. The molecule has 1 aliphatic carbocycles. The fraction of sp³-hybridized carbons (Fsp3) is 0.478. The van der Waals surface area contributed by atoms with Crippen LogP contribution in [0.4, 0.5) is 5.13 Å². The average Bonchev–Trinajstić information content (AvgIpc) is 3.27. The van der Waals surface area contributed by atoms with Gasteiger partial charge in [-0.3, -0.25) is 9.59 Å². The van der Waals surface area contributed by atoms with E-state index in [-0.39, 0.29) is 17.4 Å². The van der Waals surface area contributed by atoms with Crippen molar-refractivity contribution >= 4 is 27.3 Å². The number of aromatic nitrogens is 3. The molecular formula is C23H27N5O3S. The molecular weight excluding hydrogens is 426 g/mol. The molecule has 1 amide bonds. The summed E-state index contributed by atoms with van der Waals surface area (Å²) in [5.74, 6) is 0.748. The number of nitrogens with zero attached hydrogens (tertiary/aromatic N) is 4. The normalized spacial score (nSPS) is 18.4. The number of benzene rings is 1. The Morgan fingerprint density at radius 3 is 2.84 bits per heavy atom. The maximum absolute atomic E-state index is 12.9. The zero-order valence-electron chi connectivity index (χ0n) is 18.2. The minimum atomic E-state index is -0.105. The van der Waals surface area contributed by atoms with E-state index in [1.54, 1.807) is 7.11 Å². The van der Waals surface area contributed by atoms with Crippen molar-refractivity contribution in [2.24, 2.45) is 5.92 Å². The Kier molecular flexibility index (Phi) is 5.82. The summed E-state index contributed by atoms with van der Waals surface area (Å²) in [6.45, 7) is 1.92. The van der Waals surface area contributed by atoms with Crippen LogP contribution in [0.1, 0.15) is 42.5 Å². The van der Waals surface area contributed by atoms with Crippen LogP contribution < -0.4 is 20.5 Å². The molecule has 1 N–H and O–H groups in total. The van der Waals surface area contributed by atoms with Gasteiger partial charge in [-0.05, 0) is 56.2 Å². The molecule has 0 bridgehead atoms. The van der Waals surface area contributed by atoms with Crippen molar-refractivity contribution in [3.63, 3.8) is 0 Å². The first-order valence-corrected chi connectivity index (χ1v) is 12.0. The van der Waals surface area contributed by atoms with Crippen LogP contribution in [0.15, 0.2) is 29.1 Å². The zero-order chi connectivity index (χ0) is 22.1. The summed E-state index contributed by atoms with van der Waals surface area (Å²) in [6, 6.07) is 7.70. The molecule has 2 aromatic heterocycles. The monoisotopic (exact) mass is 453 g/mol. The molecule has 3 aromatic rings. The van der Waals surface area contributed by atoms with Crippen molar-refractivity contribution in [3.8, 4) is 5.75 Å². The SMILES string of the molecule is COc1ccc(CNC(=O)[C@@H]2CCCN(c3nn4c(=O)c5c(nc4s3)CCCC5)C2)cc1. The molecule has 0 saturated carbocycles. The predicted molar refractivity (Wildman–Crippen MR) is 124 cm³/mol. The van der Waals surface area contributed by atoms with Crippen molar-refractivity contribution in [1.82, 2.24) is 19.9 Å². The quantitative estimate of drug-likeness (QED) is 0.639. The van der Waals surface area contributed by atoms with Crippen molar-refractivity contribution in [2.45, 2.75) is 45.1 Å². The molecule has 8 nitrogen and oxygen atoms in total. The number of hydrogen-bond donors (Lipinski definition) is 1. The van der Waals surface area contributed by atoms with Crippen molar-refractivity contribution < 1.29 is 9.53 Å². The highest BCUT2D eigenvalue weighted by atomic mass is 32.1. The highest BCUT2D eigenvalue weighted by Crippen LogP contribution is 2.28. The average molecular weight is 454 g/mol. The number of ether oxygens (including phenoxy) is 1. The Hall–Kier alpha value is -2.94. The van der Waals surface area contributed by atoms with Crippen LogP contribution in [0, 0.1) is 5.92 Å². The molecule has 5 rings (SSSR count). The van der Waals surface area contributed by atoms with Gasteiger partial charge >= 0.3 is 0 Å². The van der Waals surface area contributed by atoms with Gasteiger partial charge in [0.15, 0.2) is 0 Å². The summed E-state index contributed by atoms with van der Waals surface area (Å²) >= 11 is 1.44. The van der Waals surface area contributed by atoms with Crippen molar-refractivity contribution in [1.29, 1.82) is 0 Å². The molecule has 3 heterocycles. The van der Waals surface area contributed by atoms with Gasteiger partial charge in [-0.15, -0.1) is 5.10 Å². The predicted octanol–water partition coefficient (Wildman–Crippen LogP) is 2.57. The zero-order valence-corrected chi connectivity index (χ0v) is 19.0. The van der Waals surface area contributed by atoms with E-state index in [9.17, 15) is 9.59 Å². The summed E-state index contributed by atoms with van der Waals surface area (Å²) < 4.78 is 6.63. The first-order chi connectivity index (χ1) is 15.6. The van der Waals surface area contributed by atoms with Crippen LogP contribution in [-0.4, -0.2) is 40.7 Å². The molecule has 2 aliphatic rings. The Balaban J connectivity index is 1.28. The van der Waals surface area contributed by atoms with Gasteiger partial charge < -0.3 is 15.0 Å². The fourth-order valence-electron chi connectivity index (χ4n) is 4.53. The number of amides is 1. The van der Waals surface area contributed by atoms with Gasteiger partial charge in [0.1, 0.15) is 5.75 Å². The summed E-state index contributed by atoms with van der Waals surface area (Å²) in [5, 5.41) is 8.42. The molecule has 1 atom stereocenters. The van der Waals surface area contributed by atoms with E-state index in [0.29, 0.717) is 18.1 Å². The molecule has 0 radical (unpaired) electrons. The molecule has 9 heteroatoms. The largest absolute Gasteiger partial charge is 0.497 e. The first kappa shape index (κ1) is 20.9. The van der Waals surface area contributed by atoms with Gasteiger partial charge in [-0.25, -0.2) is 4.98 Å². The Morgan fingerprint density at radius 2 is 2.03 bits per heavy atom. The van der Waals surface area contributed by atoms with E-state index in [1.165, 1.54) is 15.9 Å². The topological polar surface area (TPSA) is 88.8 Å². The summed E-state index contributed by atoms with van der Waals surface area (Å²) in [5.41, 5.74) is 2.76. The second kappa shape index (κ2) is 8.90. The molecule has 1 aromatic carbocycles. The van der Waals surface area contributed by atoms with Crippen LogP contribution in [0.5, 0.6) is 5.75 Å². The van der Waals surface area contributed by atoms with Gasteiger partial charge in [-0.1, -0.05) is 23.5 Å². The molecule has 1 aliphatic heterocycles. The van der Waals surface area contributed by atoms with Gasteiger partial charge in [-0.2, -0.15) is 4.52 Å². The van der Waals surface area contributed by atoms with Gasteiger partial charge in [0.2, 0.25) is 16.0 Å². The lowest BCUT2D eigenvalue weighted by Gasteiger charge is -2.31. The summed E-state index contributed by atoms with van der Waals surface area (Å²) in [7, 11) is 1.64. The van der Waals surface area contributed by atoms with E-state index in [1.807, 2.05) is 24.3 Å². The van der Waals surface area contributed by atoms with E-state index >= 15 is 0 Å². The Morgan fingerprint density at radius 1 is 1.22 bits per heavy atom. The van der Waals surface area contributed by atoms with E-state index in [2.05, 4.69) is 15.3 Å². The van der Waals surface area contributed by atoms with Gasteiger partial charge in [0, 0.05) is 25.2 Å². The lowest BCUT2D eigenvalue weighted by Crippen LogP contribution is -2.43. The second-order valence-corrected chi connectivity index (χ2v) is 9.41. The van der Waals surface area contributed by atoms with Crippen LogP contribution in [0.2, 0.25) is 0 Å². The third-order valence-corrected chi connectivity index (χ3v) is 7.33. The number of nitrogens with one attached hydrogen (secondary N) is 1. The lowest BCUT2D eigenvalue weighted by atomic mass is 9.97. The Bertz CT molecular complexity index is 1190. The molecule has 32 heavy (non-hydrogen) atoms. The smallest absolute Gasteiger partial charge is 0.278 e. The van der Waals surface area contributed by atoms with E-state index in [0.717, 1.165) is 72.8 Å². The standard InChI is InChI=1S/C23H27N5O3S/c1-31-17-10-8-15(9-11-17)13-24-20(29)16-5-4-12-27(14-16)23-26-28-21(30)18-6-2-3-7-19(18)25-22(28)32-23/h8-11,16H,2-7,12-14H2,1H3,(H,24,29)/t16-/m1/s1. The fourth-order valence-corrected chi connectivity index (χ4v) is 5.48. The van der Waals surface area contributed by atoms with Crippen molar-refractivity contribution in [2.75, 3.05) is 25.1 Å². The number of piperidine rings is 1. The van der Waals surface area contributed by atoms with Crippen LogP contribution >= 0.6 is 11.3 Å². The van der Waals surface area contributed by atoms with E-state index in [4.69, 9.17) is 9.72 Å². The number of fused-ring (bicyclic) bond motifs is 2. The summed E-state index contributed by atoms with van der Waals surface area (Å²) in [6.07, 6.45) is 5.54. The molecule has 1 saturated heterocycles. The molecule has 168 valence electrons. The Labute approximate surface area is 190 Å². The third-order valence-electron chi connectivity index (χ3n) is 6.36. The van der Waals surface area contributed by atoms with Crippen molar-refractivity contribution in [3.05, 3.63) is 51.4 Å². The van der Waals surface area contributed by atoms with Crippen LogP contribution in [0.25, 0.3) is 4.96 Å². The molecule has 0 unspecified atom stereocenters. The van der Waals surface area contributed by atoms with Crippen LogP contribution in [-0.2, 0) is 24.2 Å². The number of methoxy groups -OCH3 is 1. The highest BCUT2D eigenvalue weighted by Gasteiger charge is 2.28. The minimum Gasteiger partial charge on any atom is -0.497 e. The third kappa shape index (κ3) is 4.09. The number of aryl methyl sites for hydroxylation is 1. The molecule has 1 fully saturated rings. The summed E-state index contributed by atoms with van der Waals surface area (Å²) in [4.78, 5) is 33.2. The number of carbonyl (C=O) groups excluding carboxylic acids is 1. The highest BCUT2D eigenvalue weighted by molar-refractivity contribution is 7.20. The van der Waals surface area contributed by atoms with Gasteiger partial charge in [0.05, 0.1) is 18.7 Å².